The lowest BCUT2D eigenvalue weighted by Gasteiger charge is -2.23. The van der Waals surface area contributed by atoms with Gasteiger partial charge in [0.05, 0.1) is 27.9 Å². The molecule has 4 nitrogen and oxygen atoms in total. The molecule has 2 heterocycles. The Morgan fingerprint density at radius 3 is 2.87 bits per heavy atom. The lowest BCUT2D eigenvalue weighted by Crippen LogP contribution is -2.37. The minimum atomic E-state index is 0.0798. The molecule has 1 fully saturated rings. The summed E-state index contributed by atoms with van der Waals surface area (Å²) in [4.78, 5) is 21.0. The predicted octanol–water partition coefficient (Wildman–Crippen LogP) is 6.34. The van der Waals surface area contributed by atoms with Gasteiger partial charge < -0.3 is 4.74 Å². The van der Waals surface area contributed by atoms with Gasteiger partial charge in [0.25, 0.3) is 0 Å². The zero-order valence-corrected chi connectivity index (χ0v) is 19.4. The zero-order valence-electron chi connectivity index (χ0n) is 17.0. The number of carbonyl (C=O) groups excluding carboxylic acids is 1. The predicted molar refractivity (Wildman–Crippen MR) is 127 cm³/mol. The van der Waals surface area contributed by atoms with Crippen LogP contribution < -0.4 is 4.90 Å². The van der Waals surface area contributed by atoms with Gasteiger partial charge in [-0.05, 0) is 55.7 Å². The summed E-state index contributed by atoms with van der Waals surface area (Å²) in [6.45, 7) is 3.35. The lowest BCUT2D eigenvalue weighted by atomic mass is 10.2. The summed E-state index contributed by atoms with van der Waals surface area (Å²) in [5.74, 6) is 1.01. The maximum absolute atomic E-state index is 13.2. The normalized spacial score (nSPS) is 16.3. The quantitative estimate of drug-likeness (QED) is 0.290. The number of aryl methyl sites for hydroxylation is 1. The van der Waals surface area contributed by atoms with Gasteiger partial charge in [0.2, 0.25) is 5.91 Å². The number of amides is 1. The highest BCUT2D eigenvalue weighted by atomic mass is 35.5. The van der Waals surface area contributed by atoms with Crippen LogP contribution in [-0.2, 0) is 9.53 Å². The molecule has 0 saturated carbocycles. The van der Waals surface area contributed by atoms with E-state index >= 15 is 0 Å². The molecule has 1 saturated heterocycles. The molecule has 1 aromatic heterocycles. The van der Waals surface area contributed by atoms with Crippen LogP contribution in [0.25, 0.3) is 10.2 Å². The maximum atomic E-state index is 13.2. The van der Waals surface area contributed by atoms with Gasteiger partial charge in [0, 0.05) is 17.9 Å². The first-order chi connectivity index (χ1) is 14.6. The fourth-order valence-corrected chi connectivity index (χ4v) is 5.77. The Morgan fingerprint density at radius 2 is 2.13 bits per heavy atom. The number of benzene rings is 2. The van der Waals surface area contributed by atoms with Gasteiger partial charge in [-0.15, -0.1) is 11.8 Å². The second-order valence-corrected chi connectivity index (χ2v) is 10.00. The fourth-order valence-electron chi connectivity index (χ4n) is 3.55. The van der Waals surface area contributed by atoms with Crippen LogP contribution in [0.4, 0.5) is 5.13 Å². The molecule has 158 valence electrons. The van der Waals surface area contributed by atoms with E-state index in [1.165, 1.54) is 16.2 Å². The van der Waals surface area contributed by atoms with E-state index in [9.17, 15) is 4.79 Å². The van der Waals surface area contributed by atoms with E-state index in [2.05, 4.69) is 12.1 Å². The van der Waals surface area contributed by atoms with Crippen molar-refractivity contribution in [3.8, 4) is 0 Å². The topological polar surface area (TPSA) is 42.4 Å². The van der Waals surface area contributed by atoms with Gasteiger partial charge >= 0.3 is 0 Å². The van der Waals surface area contributed by atoms with Crippen molar-refractivity contribution in [2.75, 3.05) is 23.8 Å². The smallest absolute Gasteiger partial charge is 0.228 e. The molecule has 0 aliphatic carbocycles. The lowest BCUT2D eigenvalue weighted by molar-refractivity contribution is -0.119. The van der Waals surface area contributed by atoms with Gasteiger partial charge in [-0.25, -0.2) is 4.98 Å². The molecule has 0 radical (unpaired) electrons. The summed E-state index contributed by atoms with van der Waals surface area (Å²) < 4.78 is 6.75. The van der Waals surface area contributed by atoms with Crippen LogP contribution in [0, 0.1) is 6.92 Å². The molecule has 1 unspecified atom stereocenters. The Morgan fingerprint density at radius 1 is 1.30 bits per heavy atom. The third-order valence-corrected chi connectivity index (χ3v) is 7.81. The van der Waals surface area contributed by atoms with Crippen LogP contribution in [-0.4, -0.2) is 35.9 Å². The molecular weight excluding hydrogens is 436 g/mol. The molecule has 30 heavy (non-hydrogen) atoms. The van der Waals surface area contributed by atoms with Crippen molar-refractivity contribution in [3.63, 3.8) is 0 Å². The fraction of sp³-hybridized carbons (Fsp3) is 0.391. The van der Waals surface area contributed by atoms with E-state index in [0.29, 0.717) is 18.0 Å². The summed E-state index contributed by atoms with van der Waals surface area (Å²) >= 11 is 9.68. The first kappa shape index (κ1) is 21.6. The molecule has 1 aliphatic rings. The van der Waals surface area contributed by atoms with Crippen LogP contribution in [0.5, 0.6) is 0 Å². The minimum absolute atomic E-state index is 0.0798. The number of thioether (sulfide) groups is 1. The molecule has 4 rings (SSSR count). The second kappa shape index (κ2) is 10.1. The molecule has 3 aromatic rings. The van der Waals surface area contributed by atoms with E-state index in [1.807, 2.05) is 42.2 Å². The third-order valence-electron chi connectivity index (χ3n) is 5.18. The van der Waals surface area contributed by atoms with Crippen LogP contribution in [0.15, 0.2) is 47.4 Å². The highest BCUT2D eigenvalue weighted by Crippen LogP contribution is 2.36. The number of halogens is 1. The first-order valence-electron chi connectivity index (χ1n) is 10.3. The van der Waals surface area contributed by atoms with E-state index in [-0.39, 0.29) is 12.0 Å². The second-order valence-electron chi connectivity index (χ2n) is 7.44. The van der Waals surface area contributed by atoms with E-state index in [0.717, 1.165) is 52.5 Å². The number of carbonyl (C=O) groups is 1. The largest absolute Gasteiger partial charge is 0.376 e. The Kier molecular flexibility index (Phi) is 7.31. The van der Waals surface area contributed by atoms with Crippen molar-refractivity contribution in [1.29, 1.82) is 0 Å². The number of ether oxygens (including phenoxy) is 1. The Bertz CT molecular complexity index is 964. The number of rotatable bonds is 8. The molecule has 2 aromatic carbocycles. The van der Waals surface area contributed by atoms with Gasteiger partial charge in [-0.1, -0.05) is 47.2 Å². The number of fused-ring (bicyclic) bond motifs is 1. The van der Waals surface area contributed by atoms with E-state index in [4.69, 9.17) is 21.3 Å². The molecule has 0 spiro atoms. The standard InChI is InChI=1S/C23H25ClN2O2S2/c1-16-11-12-19(24)22-21(16)25-23(30-22)26(15-17-7-5-13-28-17)20(27)10-6-14-29-18-8-3-2-4-9-18/h2-4,8-9,11-12,17H,5-7,10,13-15H2,1H3. The molecule has 1 aliphatic heterocycles. The summed E-state index contributed by atoms with van der Waals surface area (Å²) in [6, 6.07) is 14.2. The third kappa shape index (κ3) is 5.17. The van der Waals surface area contributed by atoms with Crippen LogP contribution in [0.1, 0.15) is 31.2 Å². The number of hydrogen-bond donors (Lipinski definition) is 0. The highest BCUT2D eigenvalue weighted by molar-refractivity contribution is 7.99. The van der Waals surface area contributed by atoms with E-state index < -0.39 is 0 Å². The van der Waals surface area contributed by atoms with Crippen molar-refractivity contribution in [3.05, 3.63) is 53.1 Å². The SMILES string of the molecule is Cc1ccc(Cl)c2sc(N(CC3CCCO3)C(=O)CCCSc3ccccc3)nc12. The zero-order chi connectivity index (χ0) is 20.9. The summed E-state index contributed by atoms with van der Waals surface area (Å²) in [6.07, 6.45) is 3.43. The molecule has 1 amide bonds. The monoisotopic (exact) mass is 460 g/mol. The van der Waals surface area contributed by atoms with E-state index in [1.54, 1.807) is 11.8 Å². The maximum Gasteiger partial charge on any atom is 0.228 e. The van der Waals surface area contributed by atoms with Crippen molar-refractivity contribution >= 4 is 56.0 Å². The number of thiazole rings is 1. The Balaban J connectivity index is 1.47. The van der Waals surface area contributed by atoms with Crippen LogP contribution >= 0.6 is 34.7 Å². The number of aromatic nitrogens is 1. The molecule has 7 heteroatoms. The van der Waals surface area contributed by atoms with Crippen LogP contribution in [0.2, 0.25) is 5.02 Å². The average Bonchev–Trinajstić information content (AvgIpc) is 3.43. The van der Waals surface area contributed by atoms with Crippen molar-refractivity contribution in [2.24, 2.45) is 0 Å². The Hall–Kier alpha value is -1.60. The number of hydrogen-bond acceptors (Lipinski definition) is 5. The molecular formula is C23H25ClN2O2S2. The Labute approximate surface area is 190 Å². The number of anilines is 1. The van der Waals surface area contributed by atoms with Gasteiger partial charge in [0.15, 0.2) is 5.13 Å². The number of nitrogens with zero attached hydrogens (tertiary/aromatic N) is 2. The van der Waals surface area contributed by atoms with Crippen molar-refractivity contribution in [2.45, 2.75) is 43.6 Å². The van der Waals surface area contributed by atoms with Gasteiger partial charge in [0.1, 0.15) is 0 Å². The molecule has 0 N–H and O–H groups in total. The van der Waals surface area contributed by atoms with Crippen molar-refractivity contribution in [1.82, 2.24) is 4.98 Å². The summed E-state index contributed by atoms with van der Waals surface area (Å²) in [5.41, 5.74) is 1.95. The highest BCUT2D eigenvalue weighted by Gasteiger charge is 2.26. The van der Waals surface area contributed by atoms with Gasteiger partial charge in [-0.3, -0.25) is 9.69 Å². The molecule has 0 bridgehead atoms. The van der Waals surface area contributed by atoms with Crippen LogP contribution in [0.3, 0.4) is 0 Å². The molecule has 1 atom stereocenters. The minimum Gasteiger partial charge on any atom is -0.376 e. The average molecular weight is 461 g/mol. The summed E-state index contributed by atoms with van der Waals surface area (Å²) in [5, 5.41) is 1.40. The summed E-state index contributed by atoms with van der Waals surface area (Å²) in [7, 11) is 0. The first-order valence-corrected chi connectivity index (χ1v) is 12.5. The van der Waals surface area contributed by atoms with Gasteiger partial charge in [-0.2, -0.15) is 0 Å². The van der Waals surface area contributed by atoms with Crippen molar-refractivity contribution < 1.29 is 9.53 Å².